The molecule has 2 aromatic heterocycles. The van der Waals surface area contributed by atoms with E-state index in [4.69, 9.17) is 25.9 Å². The van der Waals surface area contributed by atoms with E-state index in [0.717, 1.165) is 19.3 Å². The second-order valence-electron chi connectivity index (χ2n) is 13.7. The zero-order valence-corrected chi connectivity index (χ0v) is 26.2. The second kappa shape index (κ2) is 10.8. The topological polar surface area (TPSA) is 75.6 Å². The van der Waals surface area contributed by atoms with Gasteiger partial charge in [-0.3, -0.25) is 4.90 Å². The lowest BCUT2D eigenvalue weighted by molar-refractivity contribution is 0.108. The zero-order chi connectivity index (χ0) is 32.9. The number of hydrogen-bond acceptors (Lipinski definition) is 8. The number of fused-ring (bicyclic) bond motifs is 7. The summed E-state index contributed by atoms with van der Waals surface area (Å²) in [6.45, 7) is 3.58. The van der Waals surface area contributed by atoms with Gasteiger partial charge in [0.15, 0.2) is 5.82 Å². The minimum atomic E-state index is -1.64. The molecule has 2 bridgehead atoms. The van der Waals surface area contributed by atoms with Gasteiger partial charge in [0.05, 0.1) is 17.1 Å². The Hall–Kier alpha value is -4.47. The van der Waals surface area contributed by atoms with Crippen molar-refractivity contribution in [3.63, 3.8) is 0 Å². The van der Waals surface area contributed by atoms with Crippen LogP contribution in [0.3, 0.4) is 0 Å². The van der Waals surface area contributed by atoms with Gasteiger partial charge in [-0.1, -0.05) is 30.2 Å². The maximum absolute atomic E-state index is 17.1. The van der Waals surface area contributed by atoms with Gasteiger partial charge in [-0.2, -0.15) is 18.7 Å². The highest BCUT2D eigenvalue weighted by Crippen LogP contribution is 2.46. The van der Waals surface area contributed by atoms with Gasteiger partial charge in [0.1, 0.15) is 40.9 Å². The third-order valence-corrected chi connectivity index (χ3v) is 11.0. The van der Waals surface area contributed by atoms with Crippen molar-refractivity contribution < 1.29 is 27.0 Å². The van der Waals surface area contributed by atoms with E-state index in [9.17, 15) is 13.2 Å². The van der Waals surface area contributed by atoms with E-state index in [1.165, 1.54) is 6.07 Å². The number of anilines is 1. The van der Waals surface area contributed by atoms with Crippen molar-refractivity contribution in [1.82, 2.24) is 25.2 Å². The monoisotopic (exact) mass is 656 g/mol. The standard InChI is InChI=1S/C36H32F4N6O2/c1-3-22-24(37)10-8-19-6-4-7-23(26(19)22)29-28(38)30-27-33(46-16-21-9-11-25(41-21)31(46)18(2)48-34(27)42-29)44-35(43-30)47-17-36-12-5-13-45(36)15-20(14-36)32(39)40/h1,4,6-8,10,18,21,25,31,41H,5,9,11-17H2,2H3/t18-,21+,25-,31+,36?/m0/s1. The first kappa shape index (κ1) is 29.7. The van der Waals surface area contributed by atoms with Crippen LogP contribution in [0.25, 0.3) is 32.9 Å². The minimum absolute atomic E-state index is 0.00579. The molecule has 1 unspecified atom stereocenters. The first-order valence-corrected chi connectivity index (χ1v) is 16.4. The number of pyridine rings is 1. The first-order chi connectivity index (χ1) is 23.2. The van der Waals surface area contributed by atoms with Gasteiger partial charge < -0.3 is 19.7 Å². The summed E-state index contributed by atoms with van der Waals surface area (Å²) in [7, 11) is 0. The van der Waals surface area contributed by atoms with Crippen molar-refractivity contribution >= 4 is 27.5 Å². The molecule has 1 N–H and O–H groups in total. The average Bonchev–Trinajstić information content (AvgIpc) is 3.74. The Labute approximate surface area is 274 Å². The molecule has 5 atom stereocenters. The SMILES string of the molecule is C#Cc1c(F)ccc2cccc(-c3nc4c5c(nc(OCC67CCCN6CC(=C(F)F)C7)nc5c3F)N3C[C@H]5CC[C@H](N5)[C@H]3[C@H](C)O4)c12. The molecule has 5 aliphatic heterocycles. The predicted octanol–water partition coefficient (Wildman–Crippen LogP) is 5.96. The lowest BCUT2D eigenvalue weighted by atomic mass is 9.94. The Balaban J connectivity index is 1.24. The molecule has 0 spiro atoms. The molecular weight excluding hydrogens is 624 g/mol. The van der Waals surface area contributed by atoms with Crippen LogP contribution >= 0.6 is 0 Å². The number of aromatic nitrogens is 3. The minimum Gasteiger partial charge on any atom is -0.472 e. The Morgan fingerprint density at radius 2 is 2.02 bits per heavy atom. The summed E-state index contributed by atoms with van der Waals surface area (Å²) < 4.78 is 72.3. The molecule has 8 nitrogen and oxygen atoms in total. The number of nitrogens with zero attached hydrogens (tertiary/aromatic N) is 5. The van der Waals surface area contributed by atoms with E-state index in [1.54, 1.807) is 24.3 Å². The molecule has 2 aromatic carbocycles. The van der Waals surface area contributed by atoms with E-state index < -0.39 is 23.3 Å². The second-order valence-corrected chi connectivity index (χ2v) is 13.7. The molecular formula is C36H32F4N6O2. The number of terminal acetylenes is 1. The van der Waals surface area contributed by atoms with E-state index in [1.807, 2.05) is 11.8 Å². The summed E-state index contributed by atoms with van der Waals surface area (Å²) in [5.41, 5.74) is -0.309. The van der Waals surface area contributed by atoms with Gasteiger partial charge >= 0.3 is 6.01 Å². The molecule has 12 heteroatoms. The van der Waals surface area contributed by atoms with Crippen LogP contribution in [0.1, 0.15) is 44.6 Å². The summed E-state index contributed by atoms with van der Waals surface area (Å²) in [6.07, 6.45) is 7.47. The Bertz CT molecular complexity index is 2100. The van der Waals surface area contributed by atoms with Gasteiger partial charge in [-0.05, 0) is 57.0 Å². The van der Waals surface area contributed by atoms with Crippen molar-refractivity contribution in [1.29, 1.82) is 0 Å². The summed E-state index contributed by atoms with van der Waals surface area (Å²) in [4.78, 5) is 18.5. The number of piperazine rings is 1. The van der Waals surface area contributed by atoms with Crippen molar-refractivity contribution in [2.75, 3.05) is 31.1 Å². The molecule has 246 valence electrons. The molecule has 0 radical (unpaired) electrons. The van der Waals surface area contributed by atoms with Crippen LogP contribution in [0.5, 0.6) is 11.9 Å². The number of nitrogens with one attached hydrogen (secondary N) is 1. The van der Waals surface area contributed by atoms with Crippen LogP contribution in [0.15, 0.2) is 42.0 Å². The van der Waals surface area contributed by atoms with Crippen LogP contribution in [0.2, 0.25) is 0 Å². The molecule has 48 heavy (non-hydrogen) atoms. The maximum atomic E-state index is 17.1. The lowest BCUT2D eigenvalue weighted by Gasteiger charge is -2.42. The van der Waals surface area contributed by atoms with E-state index in [-0.39, 0.29) is 78.0 Å². The van der Waals surface area contributed by atoms with Gasteiger partial charge in [0.2, 0.25) is 5.88 Å². The van der Waals surface area contributed by atoms with Gasteiger partial charge in [0.25, 0.3) is 6.08 Å². The van der Waals surface area contributed by atoms with Crippen molar-refractivity contribution in [2.24, 2.45) is 0 Å². The van der Waals surface area contributed by atoms with Crippen LogP contribution < -0.4 is 19.7 Å². The highest BCUT2D eigenvalue weighted by atomic mass is 19.3. The van der Waals surface area contributed by atoms with Crippen molar-refractivity contribution in [3.05, 3.63) is 59.2 Å². The van der Waals surface area contributed by atoms with Crippen LogP contribution in [0, 0.1) is 24.0 Å². The number of ether oxygens (including phenoxy) is 2. The largest absolute Gasteiger partial charge is 0.472 e. The highest BCUT2D eigenvalue weighted by Gasteiger charge is 2.49. The molecule has 5 aliphatic rings. The fraction of sp³-hybridized carbons (Fsp3) is 0.417. The van der Waals surface area contributed by atoms with Crippen molar-refractivity contribution in [3.8, 4) is 35.5 Å². The third-order valence-electron chi connectivity index (χ3n) is 11.0. The molecule has 4 fully saturated rings. The van der Waals surface area contributed by atoms with Crippen molar-refractivity contribution in [2.45, 2.75) is 68.8 Å². The normalized spacial score (nSPS) is 27.5. The number of benzene rings is 2. The Morgan fingerprint density at radius 3 is 2.85 bits per heavy atom. The highest BCUT2D eigenvalue weighted by molar-refractivity contribution is 6.03. The lowest BCUT2D eigenvalue weighted by Crippen LogP contribution is -2.62. The quantitative estimate of drug-likeness (QED) is 0.213. The number of rotatable bonds is 4. The predicted molar refractivity (Wildman–Crippen MR) is 172 cm³/mol. The van der Waals surface area contributed by atoms with Crippen LogP contribution in [-0.2, 0) is 0 Å². The molecule has 4 saturated heterocycles. The van der Waals surface area contributed by atoms with E-state index in [2.05, 4.69) is 21.1 Å². The number of halogens is 4. The molecule has 0 amide bonds. The maximum Gasteiger partial charge on any atom is 0.319 e. The van der Waals surface area contributed by atoms with Gasteiger partial charge in [0, 0.05) is 41.7 Å². The van der Waals surface area contributed by atoms with Crippen LogP contribution in [0.4, 0.5) is 23.4 Å². The smallest absolute Gasteiger partial charge is 0.319 e. The Kier molecular flexibility index (Phi) is 6.65. The van der Waals surface area contributed by atoms with E-state index in [0.29, 0.717) is 47.1 Å². The fourth-order valence-electron chi connectivity index (χ4n) is 8.89. The summed E-state index contributed by atoms with van der Waals surface area (Å²) >= 11 is 0. The first-order valence-electron chi connectivity index (χ1n) is 16.4. The van der Waals surface area contributed by atoms with Crippen LogP contribution in [-0.4, -0.2) is 75.9 Å². The summed E-state index contributed by atoms with van der Waals surface area (Å²) in [6, 6.07) is 8.23. The van der Waals surface area contributed by atoms with Gasteiger partial charge in [-0.15, -0.1) is 6.42 Å². The fourth-order valence-corrected chi connectivity index (χ4v) is 8.89. The van der Waals surface area contributed by atoms with Gasteiger partial charge in [-0.25, -0.2) is 13.8 Å². The third kappa shape index (κ3) is 4.33. The molecule has 0 aliphatic carbocycles. The number of hydrogen-bond donors (Lipinski definition) is 1. The molecule has 7 heterocycles. The summed E-state index contributed by atoms with van der Waals surface area (Å²) in [5, 5.41) is 5.01. The average molecular weight is 657 g/mol. The molecule has 9 rings (SSSR count). The summed E-state index contributed by atoms with van der Waals surface area (Å²) in [5.74, 6) is 1.72. The zero-order valence-electron chi connectivity index (χ0n) is 26.2. The Morgan fingerprint density at radius 1 is 1.15 bits per heavy atom. The van der Waals surface area contributed by atoms with E-state index >= 15 is 4.39 Å². The molecule has 4 aromatic rings. The molecule has 0 saturated carbocycles.